The van der Waals surface area contributed by atoms with Crippen molar-refractivity contribution in [1.82, 2.24) is 15.1 Å². The molecular formula is C17H25F2N3O. The first-order valence-corrected chi connectivity index (χ1v) is 8.07. The molecule has 1 aliphatic rings. The lowest BCUT2D eigenvalue weighted by atomic mass is 9.97. The molecule has 0 saturated carbocycles. The van der Waals surface area contributed by atoms with Gasteiger partial charge in [0.15, 0.2) is 0 Å². The van der Waals surface area contributed by atoms with Gasteiger partial charge in [0, 0.05) is 26.2 Å². The maximum atomic E-state index is 13.5. The van der Waals surface area contributed by atoms with Crippen molar-refractivity contribution < 1.29 is 13.6 Å². The van der Waals surface area contributed by atoms with Crippen molar-refractivity contribution in [1.29, 1.82) is 0 Å². The van der Waals surface area contributed by atoms with Crippen molar-refractivity contribution in [3.05, 3.63) is 35.4 Å². The Kier molecular flexibility index (Phi) is 6.33. The number of urea groups is 1. The van der Waals surface area contributed by atoms with Crippen LogP contribution in [0.1, 0.15) is 18.4 Å². The van der Waals surface area contributed by atoms with Crippen LogP contribution in [0.2, 0.25) is 0 Å². The maximum absolute atomic E-state index is 13.5. The van der Waals surface area contributed by atoms with Gasteiger partial charge in [0.05, 0.1) is 0 Å². The van der Waals surface area contributed by atoms with Crippen molar-refractivity contribution in [3.8, 4) is 0 Å². The third-order valence-corrected chi connectivity index (χ3v) is 4.40. The lowest BCUT2D eigenvalue weighted by Crippen LogP contribution is -2.42. The minimum Gasteiger partial charge on any atom is -0.338 e. The summed E-state index contributed by atoms with van der Waals surface area (Å²) in [4.78, 5) is 16.1. The molecule has 4 nitrogen and oxygen atoms in total. The second kappa shape index (κ2) is 8.24. The number of piperidine rings is 1. The average molecular weight is 325 g/mol. The second-order valence-electron chi connectivity index (χ2n) is 6.34. The number of carbonyl (C=O) groups is 1. The minimum absolute atomic E-state index is 0.147. The number of nitrogens with zero attached hydrogens (tertiary/aromatic N) is 2. The molecule has 0 spiro atoms. The molecule has 0 bridgehead atoms. The summed E-state index contributed by atoms with van der Waals surface area (Å²) in [6, 6.07) is 3.36. The lowest BCUT2D eigenvalue weighted by Gasteiger charge is -2.31. The van der Waals surface area contributed by atoms with E-state index in [1.807, 2.05) is 0 Å². The predicted octanol–water partition coefficient (Wildman–Crippen LogP) is 2.49. The fourth-order valence-corrected chi connectivity index (χ4v) is 2.88. The Morgan fingerprint density at radius 2 is 2.04 bits per heavy atom. The third-order valence-electron chi connectivity index (χ3n) is 4.40. The van der Waals surface area contributed by atoms with E-state index in [-0.39, 0.29) is 6.03 Å². The van der Waals surface area contributed by atoms with Crippen LogP contribution in [0.15, 0.2) is 18.2 Å². The summed E-state index contributed by atoms with van der Waals surface area (Å²) < 4.78 is 26.3. The molecule has 2 amide bonds. The van der Waals surface area contributed by atoms with Gasteiger partial charge in [0.1, 0.15) is 11.6 Å². The number of hydrogen-bond acceptors (Lipinski definition) is 2. The van der Waals surface area contributed by atoms with Gasteiger partial charge in [-0.3, -0.25) is 0 Å². The molecule has 1 aromatic carbocycles. The SMILES string of the molecule is CN1CCC(CN(C)C(=O)NCCc2ccc(F)cc2F)CC1. The van der Waals surface area contributed by atoms with Crippen LogP contribution in [0.3, 0.4) is 0 Å². The van der Waals surface area contributed by atoms with E-state index < -0.39 is 11.6 Å². The van der Waals surface area contributed by atoms with Gasteiger partial charge in [-0.05, 0) is 56.9 Å². The summed E-state index contributed by atoms with van der Waals surface area (Å²) in [5, 5.41) is 2.79. The fraction of sp³-hybridized carbons (Fsp3) is 0.588. The number of benzene rings is 1. The minimum atomic E-state index is -0.590. The molecule has 1 heterocycles. The Hall–Kier alpha value is -1.69. The number of likely N-dealkylation sites (tertiary alicyclic amines) is 1. The van der Waals surface area contributed by atoms with Crippen LogP contribution in [0.5, 0.6) is 0 Å². The topological polar surface area (TPSA) is 35.6 Å². The van der Waals surface area contributed by atoms with Gasteiger partial charge in [-0.1, -0.05) is 6.07 Å². The smallest absolute Gasteiger partial charge is 0.317 e. The van der Waals surface area contributed by atoms with Gasteiger partial charge < -0.3 is 15.1 Å². The number of carbonyl (C=O) groups excluding carboxylic acids is 1. The monoisotopic (exact) mass is 325 g/mol. The van der Waals surface area contributed by atoms with Crippen LogP contribution in [-0.4, -0.2) is 56.1 Å². The number of hydrogen-bond donors (Lipinski definition) is 1. The largest absolute Gasteiger partial charge is 0.338 e. The van der Waals surface area contributed by atoms with Crippen LogP contribution in [0.4, 0.5) is 13.6 Å². The zero-order valence-electron chi connectivity index (χ0n) is 13.8. The summed E-state index contributed by atoms with van der Waals surface area (Å²) >= 11 is 0. The summed E-state index contributed by atoms with van der Waals surface area (Å²) in [5.74, 6) is -0.622. The number of nitrogens with one attached hydrogen (secondary N) is 1. The Morgan fingerprint density at radius 1 is 1.35 bits per heavy atom. The van der Waals surface area contributed by atoms with E-state index >= 15 is 0 Å². The zero-order chi connectivity index (χ0) is 16.8. The number of halogens is 2. The normalized spacial score (nSPS) is 16.3. The molecule has 1 saturated heterocycles. The summed E-state index contributed by atoms with van der Waals surface area (Å²) in [7, 11) is 3.90. The fourth-order valence-electron chi connectivity index (χ4n) is 2.88. The van der Waals surface area contributed by atoms with Crippen LogP contribution >= 0.6 is 0 Å². The summed E-state index contributed by atoms with van der Waals surface area (Å²) in [6.07, 6.45) is 2.56. The lowest BCUT2D eigenvalue weighted by molar-refractivity contribution is 0.170. The van der Waals surface area contributed by atoms with Gasteiger partial charge in [0.2, 0.25) is 0 Å². The van der Waals surface area contributed by atoms with E-state index in [0.29, 0.717) is 24.4 Å². The highest BCUT2D eigenvalue weighted by Gasteiger charge is 2.20. The highest BCUT2D eigenvalue weighted by molar-refractivity contribution is 5.73. The van der Waals surface area contributed by atoms with Crippen LogP contribution in [0.25, 0.3) is 0 Å². The first kappa shape index (κ1) is 17.7. The molecule has 1 fully saturated rings. The van der Waals surface area contributed by atoms with Gasteiger partial charge in [-0.25, -0.2) is 13.6 Å². The quantitative estimate of drug-likeness (QED) is 0.903. The van der Waals surface area contributed by atoms with E-state index in [0.717, 1.165) is 38.5 Å². The molecule has 1 N–H and O–H groups in total. The van der Waals surface area contributed by atoms with Gasteiger partial charge in [-0.15, -0.1) is 0 Å². The zero-order valence-corrected chi connectivity index (χ0v) is 13.8. The highest BCUT2D eigenvalue weighted by Crippen LogP contribution is 2.16. The van der Waals surface area contributed by atoms with E-state index in [4.69, 9.17) is 0 Å². The molecule has 0 aliphatic carbocycles. The Bertz CT molecular complexity index is 531. The van der Waals surface area contributed by atoms with Crippen LogP contribution in [0, 0.1) is 17.6 Å². The Labute approximate surface area is 136 Å². The molecule has 0 radical (unpaired) electrons. The first-order valence-electron chi connectivity index (χ1n) is 8.07. The van der Waals surface area contributed by atoms with Crippen molar-refractivity contribution in [2.24, 2.45) is 5.92 Å². The van der Waals surface area contributed by atoms with Gasteiger partial charge in [0.25, 0.3) is 0 Å². The van der Waals surface area contributed by atoms with E-state index in [2.05, 4.69) is 17.3 Å². The third kappa shape index (κ3) is 5.46. The van der Waals surface area contributed by atoms with E-state index in [1.165, 1.54) is 12.1 Å². The molecule has 1 aromatic rings. The molecule has 128 valence electrons. The molecule has 0 atom stereocenters. The first-order chi connectivity index (χ1) is 11.0. The average Bonchev–Trinajstić information content (AvgIpc) is 2.51. The molecule has 23 heavy (non-hydrogen) atoms. The van der Waals surface area contributed by atoms with Crippen molar-refractivity contribution >= 4 is 6.03 Å². The van der Waals surface area contributed by atoms with Gasteiger partial charge in [-0.2, -0.15) is 0 Å². The molecule has 2 rings (SSSR count). The van der Waals surface area contributed by atoms with Crippen molar-refractivity contribution in [2.75, 3.05) is 40.3 Å². The predicted molar refractivity (Wildman–Crippen MR) is 86.3 cm³/mol. The molecule has 0 aromatic heterocycles. The molecular weight excluding hydrogens is 300 g/mol. The van der Waals surface area contributed by atoms with Crippen LogP contribution < -0.4 is 5.32 Å². The van der Waals surface area contributed by atoms with Crippen LogP contribution in [-0.2, 0) is 6.42 Å². The van der Waals surface area contributed by atoms with Gasteiger partial charge >= 0.3 is 6.03 Å². The molecule has 0 unspecified atom stereocenters. The molecule has 1 aliphatic heterocycles. The van der Waals surface area contributed by atoms with Crippen molar-refractivity contribution in [3.63, 3.8) is 0 Å². The Balaban J connectivity index is 1.71. The maximum Gasteiger partial charge on any atom is 0.317 e. The Morgan fingerprint density at radius 3 is 2.70 bits per heavy atom. The molecule has 6 heteroatoms. The highest BCUT2D eigenvalue weighted by atomic mass is 19.1. The van der Waals surface area contributed by atoms with E-state index in [1.54, 1.807) is 11.9 Å². The van der Waals surface area contributed by atoms with E-state index in [9.17, 15) is 13.6 Å². The summed E-state index contributed by atoms with van der Waals surface area (Å²) in [5.41, 5.74) is 0.407. The number of rotatable bonds is 5. The van der Waals surface area contributed by atoms with Crippen molar-refractivity contribution in [2.45, 2.75) is 19.3 Å². The number of amides is 2. The second-order valence-corrected chi connectivity index (χ2v) is 6.34. The standard InChI is InChI=1S/C17H25F2N3O/c1-21-9-6-13(7-10-21)12-22(2)17(23)20-8-5-14-3-4-15(18)11-16(14)19/h3-4,11,13H,5-10,12H2,1-2H3,(H,20,23). The summed E-state index contributed by atoms with van der Waals surface area (Å²) in [6.45, 7) is 3.22.